The molecule has 1 unspecified atom stereocenters. The highest BCUT2D eigenvalue weighted by Crippen LogP contribution is 2.11. The highest BCUT2D eigenvalue weighted by atomic mass is 35.5. The van der Waals surface area contributed by atoms with E-state index in [9.17, 15) is 4.79 Å². The van der Waals surface area contributed by atoms with E-state index < -0.39 is 0 Å². The predicted molar refractivity (Wildman–Crippen MR) is 101 cm³/mol. The molecule has 0 bridgehead atoms. The van der Waals surface area contributed by atoms with Gasteiger partial charge in [0.05, 0.1) is 19.5 Å². The Morgan fingerprint density at radius 1 is 1.32 bits per heavy atom. The smallest absolute Gasteiger partial charge is 0.221 e. The normalized spacial score (nSPS) is 16.4. The van der Waals surface area contributed by atoms with Crippen LogP contribution in [0.5, 0.6) is 0 Å². The Bertz CT molecular complexity index is 631. The molecule has 2 N–H and O–H groups in total. The van der Waals surface area contributed by atoms with Crippen molar-refractivity contribution < 1.29 is 9.53 Å². The Hall–Kier alpha value is -1.60. The van der Waals surface area contributed by atoms with Gasteiger partial charge in [0.1, 0.15) is 0 Å². The fraction of sp³-hybridized carbons (Fsp3) is 0.412. The fourth-order valence-corrected chi connectivity index (χ4v) is 2.70. The SMILES string of the molecule is Cl.Cl.O=C(CC1COCCN1)NCc1ccccc1Cn1ccnc1. The molecule has 1 aliphatic rings. The first-order valence-electron chi connectivity index (χ1n) is 7.91. The molecule has 138 valence electrons. The number of amides is 1. The summed E-state index contributed by atoms with van der Waals surface area (Å²) in [5, 5.41) is 6.30. The Labute approximate surface area is 160 Å². The van der Waals surface area contributed by atoms with Gasteiger partial charge >= 0.3 is 0 Å². The van der Waals surface area contributed by atoms with Gasteiger partial charge in [-0.2, -0.15) is 0 Å². The highest BCUT2D eigenvalue weighted by molar-refractivity contribution is 5.85. The van der Waals surface area contributed by atoms with Gasteiger partial charge in [0, 0.05) is 44.5 Å². The summed E-state index contributed by atoms with van der Waals surface area (Å²) in [6, 6.07) is 8.26. The zero-order valence-electron chi connectivity index (χ0n) is 13.9. The van der Waals surface area contributed by atoms with Crippen molar-refractivity contribution in [3.63, 3.8) is 0 Å². The molecule has 0 aliphatic carbocycles. The number of hydrogen-bond donors (Lipinski definition) is 2. The molecule has 2 aromatic rings. The number of nitrogens with zero attached hydrogens (tertiary/aromatic N) is 2. The van der Waals surface area contributed by atoms with E-state index in [1.165, 1.54) is 5.56 Å². The largest absolute Gasteiger partial charge is 0.378 e. The molecule has 1 saturated heterocycles. The lowest BCUT2D eigenvalue weighted by Gasteiger charge is -2.23. The molecule has 1 amide bonds. The van der Waals surface area contributed by atoms with Crippen LogP contribution in [-0.2, 0) is 22.6 Å². The molecule has 0 radical (unpaired) electrons. The number of nitrogens with one attached hydrogen (secondary N) is 2. The molecule has 25 heavy (non-hydrogen) atoms. The third-order valence-corrected chi connectivity index (χ3v) is 3.94. The van der Waals surface area contributed by atoms with Gasteiger partial charge in [-0.05, 0) is 11.1 Å². The maximum absolute atomic E-state index is 12.1. The molecular formula is C17H24Cl2N4O2. The number of morpholine rings is 1. The van der Waals surface area contributed by atoms with Crippen molar-refractivity contribution in [1.82, 2.24) is 20.2 Å². The van der Waals surface area contributed by atoms with Gasteiger partial charge in [0.2, 0.25) is 5.91 Å². The maximum Gasteiger partial charge on any atom is 0.221 e. The Kier molecular flexibility index (Phi) is 9.52. The summed E-state index contributed by atoms with van der Waals surface area (Å²) >= 11 is 0. The number of aromatic nitrogens is 2. The van der Waals surface area contributed by atoms with Gasteiger partial charge in [0.25, 0.3) is 0 Å². The van der Waals surface area contributed by atoms with Crippen molar-refractivity contribution in [2.75, 3.05) is 19.8 Å². The quantitative estimate of drug-likeness (QED) is 0.793. The number of benzene rings is 1. The third kappa shape index (κ3) is 6.66. The fourth-order valence-electron chi connectivity index (χ4n) is 2.70. The average molecular weight is 387 g/mol. The van der Waals surface area contributed by atoms with Gasteiger partial charge in [-0.25, -0.2) is 4.98 Å². The van der Waals surface area contributed by atoms with Crippen LogP contribution in [0.25, 0.3) is 0 Å². The monoisotopic (exact) mass is 386 g/mol. The molecule has 1 aromatic heterocycles. The first-order valence-corrected chi connectivity index (χ1v) is 7.91. The minimum atomic E-state index is 0. The molecule has 8 heteroatoms. The number of ether oxygens (including phenoxy) is 1. The number of carbonyl (C=O) groups is 1. The first kappa shape index (κ1) is 21.4. The predicted octanol–water partition coefficient (Wildman–Crippen LogP) is 1.77. The summed E-state index contributed by atoms with van der Waals surface area (Å²) in [5.74, 6) is 0.0467. The van der Waals surface area contributed by atoms with E-state index in [1.54, 1.807) is 12.5 Å². The van der Waals surface area contributed by atoms with Crippen molar-refractivity contribution in [2.24, 2.45) is 0 Å². The van der Waals surface area contributed by atoms with Crippen molar-refractivity contribution >= 4 is 30.7 Å². The molecule has 6 nitrogen and oxygen atoms in total. The van der Waals surface area contributed by atoms with Crippen LogP contribution in [0.15, 0.2) is 43.0 Å². The molecule has 1 atom stereocenters. The van der Waals surface area contributed by atoms with Crippen LogP contribution in [0.3, 0.4) is 0 Å². The lowest BCUT2D eigenvalue weighted by atomic mass is 10.1. The highest BCUT2D eigenvalue weighted by Gasteiger charge is 2.16. The number of imidazole rings is 1. The lowest BCUT2D eigenvalue weighted by Crippen LogP contribution is -2.44. The number of rotatable bonds is 6. The third-order valence-electron chi connectivity index (χ3n) is 3.94. The number of halogens is 2. The molecular weight excluding hydrogens is 363 g/mol. The summed E-state index contributed by atoms with van der Waals surface area (Å²) in [6.07, 6.45) is 5.95. The van der Waals surface area contributed by atoms with Crippen molar-refractivity contribution in [2.45, 2.75) is 25.6 Å². The zero-order valence-corrected chi connectivity index (χ0v) is 15.5. The van der Waals surface area contributed by atoms with E-state index in [4.69, 9.17) is 4.74 Å². The van der Waals surface area contributed by atoms with Crippen LogP contribution in [-0.4, -0.2) is 41.3 Å². The van der Waals surface area contributed by atoms with E-state index >= 15 is 0 Å². The second-order valence-electron chi connectivity index (χ2n) is 5.71. The van der Waals surface area contributed by atoms with E-state index in [0.29, 0.717) is 19.6 Å². The second kappa shape index (κ2) is 11.1. The minimum absolute atomic E-state index is 0. The van der Waals surface area contributed by atoms with Crippen LogP contribution < -0.4 is 10.6 Å². The van der Waals surface area contributed by atoms with Crippen molar-refractivity contribution in [3.05, 3.63) is 54.1 Å². The molecule has 1 aliphatic heterocycles. The van der Waals surface area contributed by atoms with Crippen LogP contribution in [0.1, 0.15) is 17.5 Å². The molecule has 0 saturated carbocycles. The number of hydrogen-bond acceptors (Lipinski definition) is 4. The molecule has 1 aromatic carbocycles. The minimum Gasteiger partial charge on any atom is -0.378 e. The molecule has 0 spiro atoms. The summed E-state index contributed by atoms with van der Waals surface area (Å²) in [4.78, 5) is 16.2. The Balaban J connectivity index is 0.00000156. The van der Waals surface area contributed by atoms with Crippen LogP contribution >= 0.6 is 24.8 Å². The van der Waals surface area contributed by atoms with Gasteiger partial charge in [0.15, 0.2) is 0 Å². The summed E-state index contributed by atoms with van der Waals surface area (Å²) in [7, 11) is 0. The van der Waals surface area contributed by atoms with E-state index in [0.717, 1.165) is 25.3 Å². The maximum atomic E-state index is 12.1. The van der Waals surface area contributed by atoms with Gasteiger partial charge in [-0.15, -0.1) is 24.8 Å². The molecule has 2 heterocycles. The van der Waals surface area contributed by atoms with Crippen LogP contribution in [0.2, 0.25) is 0 Å². The Morgan fingerprint density at radius 3 is 2.80 bits per heavy atom. The summed E-state index contributed by atoms with van der Waals surface area (Å²) in [6.45, 7) is 3.43. The summed E-state index contributed by atoms with van der Waals surface area (Å²) < 4.78 is 7.39. The van der Waals surface area contributed by atoms with E-state index in [2.05, 4.69) is 27.8 Å². The van der Waals surface area contributed by atoms with Crippen LogP contribution in [0.4, 0.5) is 0 Å². The lowest BCUT2D eigenvalue weighted by molar-refractivity contribution is -0.122. The molecule has 1 fully saturated rings. The van der Waals surface area contributed by atoms with E-state index in [-0.39, 0.29) is 36.8 Å². The van der Waals surface area contributed by atoms with Gasteiger partial charge < -0.3 is 19.9 Å². The van der Waals surface area contributed by atoms with Crippen molar-refractivity contribution in [1.29, 1.82) is 0 Å². The van der Waals surface area contributed by atoms with Crippen LogP contribution in [0, 0.1) is 0 Å². The van der Waals surface area contributed by atoms with Gasteiger partial charge in [-0.3, -0.25) is 4.79 Å². The topological polar surface area (TPSA) is 68.2 Å². The first-order chi connectivity index (χ1) is 11.3. The second-order valence-corrected chi connectivity index (χ2v) is 5.71. The zero-order chi connectivity index (χ0) is 15.9. The standard InChI is InChI=1S/C17H22N4O2.2ClH/c22-17(9-16-12-23-8-6-19-16)20-10-14-3-1-2-4-15(14)11-21-7-5-18-13-21;;/h1-5,7,13,16,19H,6,8-12H2,(H,20,22);2*1H. The van der Waals surface area contributed by atoms with Crippen molar-refractivity contribution in [3.8, 4) is 0 Å². The average Bonchev–Trinajstić information content (AvgIpc) is 3.08. The summed E-state index contributed by atoms with van der Waals surface area (Å²) in [5.41, 5.74) is 2.31. The van der Waals surface area contributed by atoms with Gasteiger partial charge in [-0.1, -0.05) is 24.3 Å². The number of carbonyl (C=O) groups excluding carboxylic acids is 1. The van der Waals surface area contributed by atoms with E-state index in [1.807, 2.05) is 22.9 Å². The Morgan fingerprint density at radius 2 is 2.12 bits per heavy atom. The molecule has 3 rings (SSSR count).